The number of aldehydes is 1. The van der Waals surface area contributed by atoms with E-state index in [-0.39, 0.29) is 0 Å². The molecule has 0 saturated carbocycles. The average Bonchev–Trinajstić information content (AvgIpc) is 2.19. The van der Waals surface area contributed by atoms with E-state index in [0.29, 0.717) is 29.9 Å². The van der Waals surface area contributed by atoms with Gasteiger partial charge in [-0.3, -0.25) is 0 Å². The molecule has 1 heterocycles. The molecule has 1 nitrogen and oxygen atoms in total. The van der Waals surface area contributed by atoms with Crippen LogP contribution < -0.4 is 0 Å². The van der Waals surface area contributed by atoms with Crippen molar-refractivity contribution in [1.29, 1.82) is 0 Å². The number of hydrogen-bond donors (Lipinski definition) is 0. The van der Waals surface area contributed by atoms with Crippen LogP contribution in [0.4, 0.5) is 0 Å². The van der Waals surface area contributed by atoms with E-state index < -0.39 is 0 Å². The maximum atomic E-state index is 9.88. The molecule has 1 aliphatic rings. The van der Waals surface area contributed by atoms with Crippen molar-refractivity contribution in [2.24, 2.45) is 0 Å². The molecule has 0 bridgehead atoms. The predicted molar refractivity (Wildman–Crippen MR) is 34.8 cm³/mol. The Morgan fingerprint density at radius 2 is 2.00 bits per heavy atom. The first kappa shape index (κ1) is 6.31. The van der Waals surface area contributed by atoms with Crippen LogP contribution >= 0.6 is 0 Å². The first-order chi connectivity index (χ1) is 3.93. The topological polar surface area (TPSA) is 17.1 Å². The SMILES string of the molecule is O=CC=C1[Se]C=C[Se]1. The van der Waals surface area contributed by atoms with Gasteiger partial charge in [0.05, 0.1) is 0 Å². The van der Waals surface area contributed by atoms with Crippen molar-refractivity contribution in [3.63, 3.8) is 0 Å². The molecule has 1 rings (SSSR count). The minimum absolute atomic E-state index is 0.515. The van der Waals surface area contributed by atoms with Crippen molar-refractivity contribution in [3.8, 4) is 0 Å². The number of rotatable bonds is 1. The molecule has 0 fully saturated rings. The molecule has 0 aromatic heterocycles. The molecule has 0 aromatic carbocycles. The molecule has 0 saturated heterocycles. The zero-order valence-corrected chi connectivity index (χ0v) is 7.46. The first-order valence-electron chi connectivity index (χ1n) is 2.07. The van der Waals surface area contributed by atoms with Crippen LogP contribution in [0.5, 0.6) is 0 Å². The van der Waals surface area contributed by atoms with Crippen molar-refractivity contribution in [2.45, 2.75) is 0 Å². The van der Waals surface area contributed by atoms with Gasteiger partial charge in [0, 0.05) is 0 Å². The zero-order chi connectivity index (χ0) is 5.82. The van der Waals surface area contributed by atoms with Gasteiger partial charge in [-0.2, -0.15) is 0 Å². The first-order valence-corrected chi connectivity index (χ1v) is 5.76. The Balaban J connectivity index is 2.50. The number of allylic oxidation sites excluding steroid dienone is 1. The third-order valence-electron chi connectivity index (χ3n) is 0.628. The van der Waals surface area contributed by atoms with Gasteiger partial charge in [-0.25, -0.2) is 0 Å². The molecule has 0 amide bonds. The summed E-state index contributed by atoms with van der Waals surface area (Å²) in [4.78, 5) is 14.2. The predicted octanol–water partition coefficient (Wildman–Crippen LogP) is -0.0801. The second-order valence-corrected chi connectivity index (χ2v) is 6.42. The summed E-state index contributed by atoms with van der Waals surface area (Å²) in [5.74, 6) is 0. The molecule has 0 spiro atoms. The Morgan fingerprint density at radius 1 is 1.38 bits per heavy atom. The maximum absolute atomic E-state index is 9.88. The fraction of sp³-hybridized carbons (Fsp3) is 0. The van der Waals surface area contributed by atoms with Crippen molar-refractivity contribution in [2.75, 3.05) is 0 Å². The third-order valence-corrected chi connectivity index (χ3v) is 6.29. The number of carbonyl (C=O) groups excluding carboxylic acids is 1. The van der Waals surface area contributed by atoms with Crippen LogP contribution in [0, 0.1) is 0 Å². The Labute approximate surface area is 60.5 Å². The molecule has 0 radical (unpaired) electrons. The number of carbonyl (C=O) groups is 1. The minimum atomic E-state index is 0.515. The van der Waals surface area contributed by atoms with Crippen LogP contribution in [-0.2, 0) is 4.79 Å². The van der Waals surface area contributed by atoms with Gasteiger partial charge in [0.2, 0.25) is 0 Å². The Morgan fingerprint density at radius 3 is 2.50 bits per heavy atom. The summed E-state index contributed by atoms with van der Waals surface area (Å²) in [6, 6.07) is 0. The molecule has 0 unspecified atom stereocenters. The molecule has 3 heteroatoms. The van der Waals surface area contributed by atoms with E-state index in [0.717, 1.165) is 6.29 Å². The normalized spacial score (nSPS) is 16.8. The van der Waals surface area contributed by atoms with E-state index in [1.807, 2.05) is 0 Å². The van der Waals surface area contributed by atoms with Crippen LogP contribution in [0.15, 0.2) is 19.4 Å². The number of hydrogen-bond acceptors (Lipinski definition) is 1. The van der Waals surface area contributed by atoms with Gasteiger partial charge in [-0.15, -0.1) is 0 Å². The van der Waals surface area contributed by atoms with Gasteiger partial charge in [-0.05, 0) is 0 Å². The third kappa shape index (κ3) is 1.61. The fourth-order valence-electron chi connectivity index (χ4n) is 0.352. The van der Waals surface area contributed by atoms with Crippen LogP contribution in [0.1, 0.15) is 0 Å². The van der Waals surface area contributed by atoms with Crippen molar-refractivity contribution in [1.82, 2.24) is 0 Å². The Kier molecular flexibility index (Phi) is 2.57. The van der Waals surface area contributed by atoms with Gasteiger partial charge >= 0.3 is 60.4 Å². The van der Waals surface area contributed by atoms with E-state index in [4.69, 9.17) is 0 Å². The molecule has 0 aromatic rings. The monoisotopic (exact) mass is 240 g/mol. The fourth-order valence-corrected chi connectivity index (χ4v) is 4.86. The van der Waals surface area contributed by atoms with Crippen molar-refractivity contribution < 1.29 is 4.79 Å². The summed E-state index contributed by atoms with van der Waals surface area (Å²) in [7, 11) is 0. The van der Waals surface area contributed by atoms with E-state index >= 15 is 0 Å². The molecular weight excluding hydrogens is 234 g/mol. The molecule has 0 atom stereocenters. The molecule has 0 aliphatic carbocycles. The molecule has 8 heavy (non-hydrogen) atoms. The van der Waals surface area contributed by atoms with E-state index in [2.05, 4.69) is 9.95 Å². The van der Waals surface area contributed by atoms with Gasteiger partial charge in [0.15, 0.2) is 0 Å². The van der Waals surface area contributed by atoms with Gasteiger partial charge in [0.1, 0.15) is 0 Å². The second-order valence-electron chi connectivity index (χ2n) is 1.13. The van der Waals surface area contributed by atoms with Gasteiger partial charge in [-0.1, -0.05) is 0 Å². The quantitative estimate of drug-likeness (QED) is 0.355. The van der Waals surface area contributed by atoms with E-state index in [1.165, 1.54) is 3.37 Å². The zero-order valence-electron chi connectivity index (χ0n) is 4.03. The Bertz CT molecular complexity index is 139. The summed E-state index contributed by atoms with van der Waals surface area (Å²) in [6.07, 6.45) is 2.58. The van der Waals surface area contributed by atoms with E-state index in [9.17, 15) is 4.79 Å². The summed E-state index contributed by atoms with van der Waals surface area (Å²) in [5.41, 5.74) is 0. The standard InChI is InChI=1S/C5H4OSe2/c6-2-1-5-7-3-4-8-5/h1-4H. The van der Waals surface area contributed by atoms with Crippen LogP contribution in [0.25, 0.3) is 0 Å². The summed E-state index contributed by atoms with van der Waals surface area (Å²) in [6.45, 7) is 0. The molecular formula is C5H4OSe2. The molecule has 42 valence electrons. The van der Waals surface area contributed by atoms with E-state index in [1.54, 1.807) is 6.08 Å². The second kappa shape index (κ2) is 3.26. The van der Waals surface area contributed by atoms with Crippen LogP contribution in [-0.4, -0.2) is 36.2 Å². The molecule has 0 N–H and O–H groups in total. The van der Waals surface area contributed by atoms with Gasteiger partial charge < -0.3 is 0 Å². The molecule has 1 aliphatic heterocycles. The summed E-state index contributed by atoms with van der Waals surface area (Å²) < 4.78 is 1.35. The van der Waals surface area contributed by atoms with Crippen molar-refractivity contribution >= 4 is 36.2 Å². The van der Waals surface area contributed by atoms with Crippen LogP contribution in [0.2, 0.25) is 0 Å². The van der Waals surface area contributed by atoms with Crippen LogP contribution in [0.3, 0.4) is 0 Å². The summed E-state index contributed by atoms with van der Waals surface area (Å²) in [5, 5.41) is 0. The van der Waals surface area contributed by atoms with Crippen molar-refractivity contribution in [3.05, 3.63) is 19.4 Å². The summed E-state index contributed by atoms with van der Waals surface area (Å²) >= 11 is 1.03. The van der Waals surface area contributed by atoms with Gasteiger partial charge in [0.25, 0.3) is 0 Å². The average molecular weight is 238 g/mol. The Hall–Kier alpha value is 0.189.